The van der Waals surface area contributed by atoms with Crippen molar-refractivity contribution >= 4 is 17.3 Å². The Balaban J connectivity index is 2.17. The van der Waals surface area contributed by atoms with Crippen molar-refractivity contribution in [2.24, 2.45) is 0 Å². The number of halogens is 2. The van der Waals surface area contributed by atoms with Gasteiger partial charge < -0.3 is 15.5 Å². The van der Waals surface area contributed by atoms with Crippen LogP contribution in [0.4, 0.5) is 20.2 Å². The molecule has 1 aliphatic heterocycles. The maximum Gasteiger partial charge on any atom is 0.219 e. The molecular formula is C12H15F2N3O. The number of nitrogens with zero attached hydrogens (tertiary/aromatic N) is 2. The molecule has 0 aromatic heterocycles. The van der Waals surface area contributed by atoms with Gasteiger partial charge in [0.25, 0.3) is 0 Å². The van der Waals surface area contributed by atoms with Gasteiger partial charge in [0.15, 0.2) is 11.6 Å². The molecule has 0 spiro atoms. The third-order valence-electron chi connectivity index (χ3n) is 3.08. The predicted octanol–water partition coefficient (Wildman–Crippen LogP) is 1.22. The summed E-state index contributed by atoms with van der Waals surface area (Å²) < 4.78 is 27.4. The maximum absolute atomic E-state index is 13.7. The Kier molecular flexibility index (Phi) is 3.36. The van der Waals surface area contributed by atoms with Crippen molar-refractivity contribution in [1.82, 2.24) is 4.90 Å². The standard InChI is InChI=1S/C12H15F2N3O/c1-8(18)16-2-4-17(5-3-16)12-10(13)6-9(15)7-11(12)14/h6-7H,2-5,15H2,1H3. The smallest absolute Gasteiger partial charge is 0.219 e. The van der Waals surface area contributed by atoms with Crippen molar-refractivity contribution in [3.63, 3.8) is 0 Å². The molecule has 1 aromatic rings. The second-order valence-electron chi connectivity index (χ2n) is 4.33. The van der Waals surface area contributed by atoms with Crippen molar-refractivity contribution in [2.45, 2.75) is 6.92 Å². The summed E-state index contributed by atoms with van der Waals surface area (Å²) in [6.07, 6.45) is 0. The molecule has 1 saturated heterocycles. The Hall–Kier alpha value is -1.85. The molecule has 0 radical (unpaired) electrons. The van der Waals surface area contributed by atoms with Gasteiger partial charge in [0.05, 0.1) is 0 Å². The van der Waals surface area contributed by atoms with Gasteiger partial charge in [-0.3, -0.25) is 4.79 Å². The molecule has 2 N–H and O–H groups in total. The van der Waals surface area contributed by atoms with Gasteiger partial charge in [-0.2, -0.15) is 0 Å². The van der Waals surface area contributed by atoms with E-state index < -0.39 is 11.6 Å². The Bertz CT molecular complexity index is 447. The minimum Gasteiger partial charge on any atom is -0.399 e. The molecule has 1 amide bonds. The Morgan fingerprint density at radius 1 is 1.17 bits per heavy atom. The zero-order valence-electron chi connectivity index (χ0n) is 10.1. The quantitative estimate of drug-likeness (QED) is 0.767. The molecule has 0 bridgehead atoms. The number of carbonyl (C=O) groups excluding carboxylic acids is 1. The van der Waals surface area contributed by atoms with Crippen LogP contribution in [0.1, 0.15) is 6.92 Å². The SMILES string of the molecule is CC(=O)N1CCN(c2c(F)cc(N)cc2F)CC1. The molecule has 98 valence electrons. The summed E-state index contributed by atoms with van der Waals surface area (Å²) in [5.41, 5.74) is 5.37. The maximum atomic E-state index is 13.7. The molecule has 1 heterocycles. The van der Waals surface area contributed by atoms with Gasteiger partial charge in [-0.1, -0.05) is 0 Å². The molecule has 1 aliphatic rings. The van der Waals surface area contributed by atoms with Gasteiger partial charge in [0.2, 0.25) is 5.91 Å². The lowest BCUT2D eigenvalue weighted by Crippen LogP contribution is -2.48. The number of rotatable bonds is 1. The Labute approximate surface area is 104 Å². The fourth-order valence-corrected chi connectivity index (χ4v) is 2.13. The van der Waals surface area contributed by atoms with Crippen LogP contribution >= 0.6 is 0 Å². The number of nitrogen functional groups attached to an aromatic ring is 1. The van der Waals surface area contributed by atoms with E-state index in [9.17, 15) is 13.6 Å². The van der Waals surface area contributed by atoms with Crippen LogP contribution in [0.5, 0.6) is 0 Å². The van der Waals surface area contributed by atoms with Crippen molar-refractivity contribution in [2.75, 3.05) is 36.8 Å². The summed E-state index contributed by atoms with van der Waals surface area (Å²) in [6.45, 7) is 3.26. The van der Waals surface area contributed by atoms with Crippen LogP contribution in [0, 0.1) is 11.6 Å². The van der Waals surface area contributed by atoms with Gasteiger partial charge >= 0.3 is 0 Å². The Morgan fingerprint density at radius 3 is 2.11 bits per heavy atom. The zero-order valence-corrected chi connectivity index (χ0v) is 10.1. The average molecular weight is 255 g/mol. The fourth-order valence-electron chi connectivity index (χ4n) is 2.13. The Morgan fingerprint density at radius 2 is 1.67 bits per heavy atom. The molecule has 2 rings (SSSR count). The first-order chi connectivity index (χ1) is 8.49. The predicted molar refractivity (Wildman–Crippen MR) is 65.2 cm³/mol. The highest BCUT2D eigenvalue weighted by molar-refractivity contribution is 5.73. The summed E-state index contributed by atoms with van der Waals surface area (Å²) in [4.78, 5) is 14.4. The number of anilines is 2. The van der Waals surface area contributed by atoms with E-state index in [1.54, 1.807) is 9.80 Å². The van der Waals surface area contributed by atoms with E-state index in [1.807, 2.05) is 0 Å². The molecule has 0 aliphatic carbocycles. The second kappa shape index (κ2) is 4.80. The van der Waals surface area contributed by atoms with E-state index in [4.69, 9.17) is 5.73 Å². The monoisotopic (exact) mass is 255 g/mol. The van der Waals surface area contributed by atoms with Crippen LogP contribution in [-0.4, -0.2) is 37.0 Å². The topological polar surface area (TPSA) is 49.6 Å². The highest BCUT2D eigenvalue weighted by Crippen LogP contribution is 2.26. The minimum atomic E-state index is -0.663. The summed E-state index contributed by atoms with van der Waals surface area (Å²) in [5, 5.41) is 0. The number of amides is 1. The summed E-state index contributed by atoms with van der Waals surface area (Å²) in [5.74, 6) is -1.35. The number of hydrogen-bond donors (Lipinski definition) is 1. The third-order valence-corrected chi connectivity index (χ3v) is 3.08. The zero-order chi connectivity index (χ0) is 13.3. The average Bonchev–Trinajstić information content (AvgIpc) is 2.28. The lowest BCUT2D eigenvalue weighted by molar-refractivity contribution is -0.129. The lowest BCUT2D eigenvalue weighted by Gasteiger charge is -2.35. The first kappa shape index (κ1) is 12.6. The summed E-state index contributed by atoms with van der Waals surface area (Å²) in [7, 11) is 0. The second-order valence-corrected chi connectivity index (χ2v) is 4.33. The first-order valence-electron chi connectivity index (χ1n) is 5.74. The van der Waals surface area contributed by atoms with E-state index in [0.717, 1.165) is 12.1 Å². The van der Waals surface area contributed by atoms with Crippen LogP contribution in [-0.2, 0) is 4.79 Å². The highest BCUT2D eigenvalue weighted by atomic mass is 19.1. The molecule has 6 heteroatoms. The van der Waals surface area contributed by atoms with Crippen molar-refractivity contribution < 1.29 is 13.6 Å². The van der Waals surface area contributed by atoms with Gasteiger partial charge in [-0.15, -0.1) is 0 Å². The third kappa shape index (κ3) is 2.37. The highest BCUT2D eigenvalue weighted by Gasteiger charge is 2.23. The summed E-state index contributed by atoms with van der Waals surface area (Å²) in [6, 6.07) is 2.21. The number of carbonyl (C=O) groups is 1. The van der Waals surface area contributed by atoms with Gasteiger partial charge in [0, 0.05) is 38.8 Å². The van der Waals surface area contributed by atoms with Crippen molar-refractivity contribution in [1.29, 1.82) is 0 Å². The van der Waals surface area contributed by atoms with Crippen LogP contribution in [0.2, 0.25) is 0 Å². The minimum absolute atomic E-state index is 0.0205. The van der Waals surface area contributed by atoms with E-state index in [1.165, 1.54) is 6.92 Å². The van der Waals surface area contributed by atoms with Crippen LogP contribution < -0.4 is 10.6 Å². The van der Waals surface area contributed by atoms with Crippen molar-refractivity contribution in [3.05, 3.63) is 23.8 Å². The number of benzene rings is 1. The molecule has 18 heavy (non-hydrogen) atoms. The number of piperazine rings is 1. The van der Waals surface area contributed by atoms with E-state index in [2.05, 4.69) is 0 Å². The first-order valence-corrected chi connectivity index (χ1v) is 5.74. The van der Waals surface area contributed by atoms with Crippen LogP contribution in [0.15, 0.2) is 12.1 Å². The molecule has 0 unspecified atom stereocenters. The lowest BCUT2D eigenvalue weighted by atomic mass is 10.2. The molecule has 4 nitrogen and oxygen atoms in total. The van der Waals surface area contributed by atoms with E-state index in [-0.39, 0.29) is 17.3 Å². The molecular weight excluding hydrogens is 240 g/mol. The van der Waals surface area contributed by atoms with Crippen LogP contribution in [0.3, 0.4) is 0 Å². The number of hydrogen-bond acceptors (Lipinski definition) is 3. The fraction of sp³-hybridized carbons (Fsp3) is 0.417. The van der Waals surface area contributed by atoms with Crippen molar-refractivity contribution in [3.8, 4) is 0 Å². The molecule has 1 aromatic carbocycles. The number of nitrogens with two attached hydrogens (primary N) is 1. The summed E-state index contributed by atoms with van der Waals surface area (Å²) >= 11 is 0. The van der Waals surface area contributed by atoms with Gasteiger partial charge in [0.1, 0.15) is 5.69 Å². The van der Waals surface area contributed by atoms with E-state index >= 15 is 0 Å². The molecule has 0 saturated carbocycles. The van der Waals surface area contributed by atoms with Crippen LogP contribution in [0.25, 0.3) is 0 Å². The van der Waals surface area contributed by atoms with Gasteiger partial charge in [-0.25, -0.2) is 8.78 Å². The molecule has 0 atom stereocenters. The molecule has 1 fully saturated rings. The largest absolute Gasteiger partial charge is 0.399 e. The normalized spacial score (nSPS) is 15.9. The van der Waals surface area contributed by atoms with Gasteiger partial charge in [-0.05, 0) is 12.1 Å². The van der Waals surface area contributed by atoms with E-state index in [0.29, 0.717) is 26.2 Å².